The molecule has 2 aromatic carbocycles. The first-order valence-electron chi connectivity index (χ1n) is 7.33. The molecule has 0 spiro atoms. The molecular weight excluding hydrogens is 352 g/mol. The zero-order valence-electron chi connectivity index (χ0n) is 12.5. The number of hydrogen-bond donors (Lipinski definition) is 2. The Hall–Kier alpha value is -1.74. The van der Waals surface area contributed by atoms with Gasteiger partial charge >= 0.3 is 0 Å². The van der Waals surface area contributed by atoms with Gasteiger partial charge in [0.25, 0.3) is 10.1 Å². The molecule has 1 aliphatic rings. The first-order valence-corrected chi connectivity index (χ1v) is 9.92. The average Bonchev–Trinajstić information content (AvgIpc) is 2.59. The molecule has 0 bridgehead atoms. The fourth-order valence-corrected chi connectivity index (χ4v) is 3.89. The van der Waals surface area contributed by atoms with E-state index < -0.39 is 33.0 Å². The largest absolute Gasteiger partial charge is 0.390 e. The third kappa shape index (κ3) is 3.51. The van der Waals surface area contributed by atoms with Crippen LogP contribution in [0.5, 0.6) is 0 Å². The summed E-state index contributed by atoms with van der Waals surface area (Å²) in [6, 6.07) is 12.4. The average molecular weight is 368 g/mol. The second-order valence-corrected chi connectivity index (χ2v) is 8.16. The fraction of sp³-hybridized carbons (Fsp3) is 0.250. The van der Waals surface area contributed by atoms with Gasteiger partial charge in [-0.2, -0.15) is 8.42 Å². The van der Waals surface area contributed by atoms with Crippen LogP contribution in [0.15, 0.2) is 58.3 Å². The number of aliphatic hydroxyl groups is 1. The Bertz CT molecular complexity index is 891. The van der Waals surface area contributed by atoms with Gasteiger partial charge in [0.1, 0.15) is 6.10 Å². The van der Waals surface area contributed by atoms with Gasteiger partial charge in [0.2, 0.25) is 0 Å². The summed E-state index contributed by atoms with van der Waals surface area (Å²) in [4.78, 5) is 0.241. The summed E-state index contributed by atoms with van der Waals surface area (Å²) in [5, 5.41) is 9.44. The smallest absolute Gasteiger partial charge is 0.297 e. The van der Waals surface area contributed by atoms with Crippen molar-refractivity contribution < 1.29 is 26.1 Å². The summed E-state index contributed by atoms with van der Waals surface area (Å²) < 4.78 is 51.1. The van der Waals surface area contributed by atoms with Crippen LogP contribution in [-0.4, -0.2) is 34.2 Å². The quantitative estimate of drug-likeness (QED) is 0.614. The molecular formula is C16H16O6S2. The van der Waals surface area contributed by atoms with Crippen molar-refractivity contribution in [2.24, 2.45) is 0 Å². The van der Waals surface area contributed by atoms with Crippen LogP contribution in [0.2, 0.25) is 0 Å². The maximum Gasteiger partial charge on any atom is 0.297 e. The molecule has 0 radical (unpaired) electrons. The third-order valence-corrected chi connectivity index (χ3v) is 6.05. The minimum atomic E-state index is -3.91. The van der Waals surface area contributed by atoms with Crippen molar-refractivity contribution in [3.05, 3.63) is 48.5 Å². The molecule has 6 nitrogen and oxygen atoms in total. The van der Waals surface area contributed by atoms with Crippen molar-refractivity contribution >= 4 is 20.8 Å². The van der Waals surface area contributed by atoms with Crippen molar-refractivity contribution in [3.63, 3.8) is 0 Å². The molecule has 3 rings (SSSR count). The molecule has 1 aliphatic carbocycles. The topological polar surface area (TPSA) is 97.7 Å². The minimum Gasteiger partial charge on any atom is -0.390 e. The monoisotopic (exact) mass is 368 g/mol. The molecule has 128 valence electrons. The van der Waals surface area contributed by atoms with Crippen molar-refractivity contribution in [1.82, 2.24) is 0 Å². The number of thiol groups is 1. The lowest BCUT2D eigenvalue weighted by Gasteiger charge is -2.31. The summed E-state index contributed by atoms with van der Waals surface area (Å²) in [6.45, 7) is 0. The fourth-order valence-electron chi connectivity index (χ4n) is 2.37. The summed E-state index contributed by atoms with van der Waals surface area (Å²) in [6.07, 6.45) is -0.335. The summed E-state index contributed by atoms with van der Waals surface area (Å²) in [7, 11) is -6.53. The zero-order chi connectivity index (χ0) is 17.3. The third-order valence-electron chi connectivity index (χ3n) is 3.98. The van der Waals surface area contributed by atoms with Gasteiger partial charge in [-0.3, -0.25) is 4.18 Å². The molecule has 1 saturated carbocycles. The molecule has 0 aliphatic heterocycles. The Kier molecular flexibility index (Phi) is 4.73. The maximum atomic E-state index is 12.1. The highest BCUT2D eigenvalue weighted by Crippen LogP contribution is 2.28. The van der Waals surface area contributed by atoms with Gasteiger partial charge in [0, 0.05) is 0 Å². The van der Waals surface area contributed by atoms with E-state index in [9.17, 15) is 21.9 Å². The summed E-state index contributed by atoms with van der Waals surface area (Å²) >= 11 is 0. The Balaban J connectivity index is 1.79. The van der Waals surface area contributed by atoms with Gasteiger partial charge in [-0.1, -0.05) is 24.3 Å². The van der Waals surface area contributed by atoms with E-state index in [0.29, 0.717) is 12.8 Å². The van der Waals surface area contributed by atoms with Gasteiger partial charge in [0.15, 0.2) is 10.7 Å². The number of benzene rings is 2. The predicted molar refractivity (Wildman–Crippen MR) is 87.8 cm³/mol. The lowest BCUT2D eigenvalue weighted by atomic mass is 9.93. The van der Waals surface area contributed by atoms with Crippen molar-refractivity contribution in [3.8, 4) is 11.1 Å². The number of aliphatic hydroxyl groups excluding tert-OH is 1. The van der Waals surface area contributed by atoms with Gasteiger partial charge < -0.3 is 5.11 Å². The van der Waals surface area contributed by atoms with Crippen LogP contribution in [-0.2, 0) is 25.0 Å². The van der Waals surface area contributed by atoms with Crippen LogP contribution in [0.3, 0.4) is 0 Å². The predicted octanol–water partition coefficient (Wildman–Crippen LogP) is 1.55. The van der Waals surface area contributed by atoms with E-state index in [-0.39, 0.29) is 9.79 Å². The van der Waals surface area contributed by atoms with Crippen LogP contribution in [0.4, 0.5) is 0 Å². The van der Waals surface area contributed by atoms with Crippen molar-refractivity contribution in [1.29, 1.82) is 0 Å². The van der Waals surface area contributed by atoms with Crippen LogP contribution < -0.4 is 0 Å². The van der Waals surface area contributed by atoms with Crippen LogP contribution in [0.1, 0.15) is 12.8 Å². The normalized spacial score (nSPS) is 20.8. The standard InChI is InChI=1S/C16H16O6S2/c17-15-9-10-16(15)22-24(20,21)14-7-3-12(4-8-14)11-1-5-13(6-2-11)23(18)19/h1-8,15-17,23H,9-10H2. The van der Waals surface area contributed by atoms with E-state index in [1.54, 1.807) is 24.3 Å². The zero-order valence-corrected chi connectivity index (χ0v) is 14.2. The van der Waals surface area contributed by atoms with Crippen LogP contribution in [0, 0.1) is 0 Å². The minimum absolute atomic E-state index is 0.0182. The second kappa shape index (κ2) is 6.64. The lowest BCUT2D eigenvalue weighted by molar-refractivity contribution is -0.0328. The van der Waals surface area contributed by atoms with E-state index in [1.807, 2.05) is 0 Å². The molecule has 0 heterocycles. The Morgan fingerprint density at radius 3 is 1.88 bits per heavy atom. The molecule has 1 fully saturated rings. The maximum absolute atomic E-state index is 12.1. The van der Waals surface area contributed by atoms with Gasteiger partial charge in [-0.25, -0.2) is 8.42 Å². The lowest BCUT2D eigenvalue weighted by Crippen LogP contribution is -2.40. The molecule has 0 amide bonds. The molecule has 8 heteroatoms. The Morgan fingerprint density at radius 2 is 1.46 bits per heavy atom. The van der Waals surface area contributed by atoms with E-state index >= 15 is 0 Å². The summed E-state index contributed by atoms with van der Waals surface area (Å²) in [5.41, 5.74) is 1.53. The number of hydrogen-bond acceptors (Lipinski definition) is 6. The van der Waals surface area contributed by atoms with Gasteiger partial charge in [0.05, 0.1) is 15.9 Å². The van der Waals surface area contributed by atoms with Crippen molar-refractivity contribution in [2.45, 2.75) is 34.8 Å². The molecule has 24 heavy (non-hydrogen) atoms. The molecule has 0 saturated heterocycles. The van der Waals surface area contributed by atoms with Crippen LogP contribution in [0.25, 0.3) is 11.1 Å². The molecule has 2 aromatic rings. The van der Waals surface area contributed by atoms with E-state index in [4.69, 9.17) is 4.18 Å². The SMILES string of the molecule is O=[SH](=O)c1ccc(-c2ccc(S(=O)(=O)OC3CCC3O)cc2)cc1. The Morgan fingerprint density at radius 1 is 0.917 bits per heavy atom. The van der Waals surface area contributed by atoms with Crippen LogP contribution >= 0.6 is 0 Å². The molecule has 1 N–H and O–H groups in total. The number of rotatable bonds is 5. The summed E-state index contributed by atoms with van der Waals surface area (Å²) in [5.74, 6) is 0. The highest BCUT2D eigenvalue weighted by molar-refractivity contribution is 7.86. The van der Waals surface area contributed by atoms with E-state index in [0.717, 1.165) is 11.1 Å². The first kappa shape index (κ1) is 17.1. The molecule has 0 aromatic heterocycles. The van der Waals surface area contributed by atoms with E-state index in [2.05, 4.69) is 0 Å². The van der Waals surface area contributed by atoms with Crippen molar-refractivity contribution in [2.75, 3.05) is 0 Å². The molecule has 2 atom stereocenters. The highest BCUT2D eigenvalue weighted by Gasteiger charge is 2.34. The first-order chi connectivity index (χ1) is 11.4. The molecule has 2 unspecified atom stereocenters. The second-order valence-electron chi connectivity index (χ2n) is 5.56. The Labute approximate surface area is 141 Å². The van der Waals surface area contributed by atoms with Gasteiger partial charge in [-0.15, -0.1) is 0 Å². The van der Waals surface area contributed by atoms with E-state index in [1.165, 1.54) is 24.3 Å². The van der Waals surface area contributed by atoms with Gasteiger partial charge in [-0.05, 0) is 48.2 Å². The highest BCUT2D eigenvalue weighted by atomic mass is 32.2.